The number of fused-ring (bicyclic) bond motifs is 7. The topological polar surface area (TPSA) is 692 Å². The normalized spacial score (nSPS) is 49.2. The molecule has 0 aromatic rings. The summed E-state index contributed by atoms with van der Waals surface area (Å²) < 4.78 is 110. The van der Waals surface area contributed by atoms with Gasteiger partial charge in [-0.15, -0.1) is 6.58 Å². The number of carbonyl (C=O) groups excluding carboxylic acids is 4. The van der Waals surface area contributed by atoms with Crippen LogP contribution in [0.3, 0.4) is 0 Å². The first-order valence-electron chi connectivity index (χ1n) is 45.6. The lowest BCUT2D eigenvalue weighted by atomic mass is 9.33. The first-order valence-corrected chi connectivity index (χ1v) is 45.6. The van der Waals surface area contributed by atoms with Crippen molar-refractivity contribution >= 4 is 23.8 Å². The van der Waals surface area contributed by atoms with E-state index < -0.39 is 360 Å². The number of carbonyl (C=O) groups is 4. The van der Waals surface area contributed by atoms with Gasteiger partial charge in [0.15, 0.2) is 56.2 Å². The molecule has 8 aliphatic heterocycles. The quantitative estimate of drug-likeness (QED) is 0.0109. The van der Waals surface area contributed by atoms with Gasteiger partial charge in [0.25, 0.3) is 0 Å². The van der Waals surface area contributed by atoms with E-state index >= 15 is 4.79 Å². The molecule has 0 aromatic carbocycles. The molecule has 46 atom stereocenters. The standard InChI is InChI=1S/C88H139NO44/c1-13-83(9,114)20-14-15-35(2)71(112)116-31-45-64(130-77-66(122-37(4)94)57(104)54(101)44(27-91)124-77)60(107)67(132-74-61(108)62(42(97)30-118-74)128-79-70(111)87(115,33-92)34-121-79)78(126-45)133-80(113)88-24-23-85(11)38(39(88)25-81(5,6)68(109)69(88)110)16-17-48-84(10)21-19-49(82(7,8)47(84)18-22-86(48,85)12)127-72-50(89-36(3)93)55(102)63(129-75-59(106)56(103)53(100)43(26-90)123-75)46(125-72)32-120-76-65(52(99)41(96)29-119-76)131-73-58(105)51(98)40(95)28-117-73/h13,15-16,39-70,72-79,90-92,95-111,114-115H,1,14,17-34H2,2-12H3,(H,89,93). The molecule has 45 heteroatoms. The highest BCUT2D eigenvalue weighted by Crippen LogP contribution is 2.76. The van der Waals surface area contributed by atoms with Crippen LogP contribution in [0, 0.1) is 50.2 Å². The van der Waals surface area contributed by atoms with Crippen LogP contribution in [-0.4, -0.2) is 434 Å². The Morgan fingerprint density at radius 3 is 1.72 bits per heavy atom. The summed E-state index contributed by atoms with van der Waals surface area (Å²) in [7, 11) is 0. The fourth-order valence-corrected chi connectivity index (χ4v) is 23.1. The molecule has 45 nitrogen and oxygen atoms in total. The Hall–Kier alpha value is -4.38. The lowest BCUT2D eigenvalue weighted by molar-refractivity contribution is -0.382. The molecule has 4 saturated carbocycles. The van der Waals surface area contributed by atoms with Crippen LogP contribution >= 0.6 is 0 Å². The van der Waals surface area contributed by atoms with Crippen molar-refractivity contribution < 1.29 is 217 Å². The molecule has 0 radical (unpaired) electrons. The van der Waals surface area contributed by atoms with E-state index in [1.165, 1.54) is 32.9 Å². The van der Waals surface area contributed by atoms with E-state index in [2.05, 4.69) is 38.7 Å². The number of esters is 3. The van der Waals surface area contributed by atoms with Crippen molar-refractivity contribution in [3.8, 4) is 0 Å². The lowest BCUT2D eigenvalue weighted by Crippen LogP contribution is -2.70. The van der Waals surface area contributed by atoms with Crippen LogP contribution in [0.25, 0.3) is 0 Å². The third kappa shape index (κ3) is 20.2. The number of rotatable bonds is 29. The van der Waals surface area contributed by atoms with Gasteiger partial charge in [0.1, 0.15) is 164 Å². The number of hydrogen-bond donors (Lipinski definition) is 23. The zero-order valence-electron chi connectivity index (χ0n) is 76.3. The van der Waals surface area contributed by atoms with Crippen molar-refractivity contribution in [3.05, 3.63) is 36.0 Å². The van der Waals surface area contributed by atoms with Crippen molar-refractivity contribution in [1.29, 1.82) is 0 Å². The third-order valence-corrected chi connectivity index (χ3v) is 31.4. The second-order valence-corrected chi connectivity index (χ2v) is 40.7. The fraction of sp³-hybridized carbons (Fsp3) is 0.886. The van der Waals surface area contributed by atoms with Gasteiger partial charge in [-0.3, -0.25) is 14.4 Å². The number of aliphatic hydroxyl groups is 22. The summed E-state index contributed by atoms with van der Waals surface area (Å²) in [5, 5.41) is 251. The highest BCUT2D eigenvalue weighted by Gasteiger charge is 2.74. The highest BCUT2D eigenvalue weighted by atomic mass is 16.8. The third-order valence-electron chi connectivity index (χ3n) is 31.4. The molecule has 13 rings (SSSR count). The minimum Gasteiger partial charge on any atom is -0.459 e. The number of nitrogens with one attached hydrogen (secondary N) is 1. The lowest BCUT2D eigenvalue weighted by Gasteiger charge is -2.71. The second-order valence-electron chi connectivity index (χ2n) is 40.7. The minimum absolute atomic E-state index is 0.00589. The summed E-state index contributed by atoms with van der Waals surface area (Å²) in [5.41, 5.74) is -9.00. The molecule has 0 aromatic heterocycles. The molecule has 12 fully saturated rings. The van der Waals surface area contributed by atoms with Gasteiger partial charge in [-0.25, -0.2) is 4.79 Å². The smallest absolute Gasteiger partial charge is 0.333 e. The summed E-state index contributed by atoms with van der Waals surface area (Å²) in [4.78, 5) is 56.9. The molecule has 5 aliphatic carbocycles. The number of allylic oxidation sites excluding steroid dienone is 3. The largest absolute Gasteiger partial charge is 0.459 e. The Morgan fingerprint density at radius 1 is 0.526 bits per heavy atom. The maximum absolute atomic E-state index is 16.6. The predicted octanol–water partition coefficient (Wildman–Crippen LogP) is -7.31. The van der Waals surface area contributed by atoms with Crippen molar-refractivity contribution in [2.24, 2.45) is 50.2 Å². The molecule has 0 bridgehead atoms. The van der Waals surface area contributed by atoms with E-state index in [0.717, 1.165) is 12.5 Å². The molecule has 23 N–H and O–H groups in total. The van der Waals surface area contributed by atoms with E-state index in [-0.39, 0.29) is 49.5 Å². The molecular weight excluding hydrogens is 1770 g/mol. The number of amides is 1. The summed E-state index contributed by atoms with van der Waals surface area (Å²) in [6, 6.07) is -1.52. The number of hydrogen-bond acceptors (Lipinski definition) is 44. The number of ether oxygens (including phenoxy) is 18. The monoisotopic (exact) mass is 1910 g/mol. The van der Waals surface area contributed by atoms with Crippen molar-refractivity contribution in [3.63, 3.8) is 0 Å². The maximum Gasteiger partial charge on any atom is 0.333 e. The van der Waals surface area contributed by atoms with Crippen LogP contribution in [-0.2, 0) is 104 Å². The minimum atomic E-state index is -2.36. The molecule has 760 valence electrons. The van der Waals surface area contributed by atoms with Gasteiger partial charge in [0, 0.05) is 19.4 Å². The highest BCUT2D eigenvalue weighted by molar-refractivity contribution is 5.87. The Kier molecular flexibility index (Phi) is 32.9. The van der Waals surface area contributed by atoms with Gasteiger partial charge in [0.05, 0.1) is 76.8 Å². The predicted molar refractivity (Wildman–Crippen MR) is 441 cm³/mol. The average molecular weight is 1920 g/mol. The van der Waals surface area contributed by atoms with Crippen molar-refractivity contribution in [2.45, 2.75) is 379 Å². The second kappa shape index (κ2) is 41.3. The van der Waals surface area contributed by atoms with E-state index in [4.69, 9.17) is 85.3 Å². The molecule has 133 heavy (non-hydrogen) atoms. The summed E-state index contributed by atoms with van der Waals surface area (Å²) in [6.45, 7) is 15.8. The Labute approximate surface area is 767 Å². The molecule has 0 spiro atoms. The summed E-state index contributed by atoms with van der Waals surface area (Å²) >= 11 is 0. The Bertz CT molecular complexity index is 4050. The molecular formula is C88H139NO44. The SMILES string of the molecule is C=CC(C)(O)CCC=C(C)C(=O)OCC1OC(OC(=O)C23CCC4(C)C(=CCC5C6(C)CCC(OC7OC(COC8OCC(O)C(O)C8OC8OCC(O)C(O)C8O)C(OC8OC(CO)C(O)C(O)C8O)C(O)C7NC(C)=O)C(C)(C)C6CCC54C)C2CC(C)(C)C(O)C3O)C(OC2OCC(O)C(OC3OCC(O)(CO)C3O)C2O)C(O)C1OC1OC(CO)C(O)C(O)C1OC(C)=O. The first-order chi connectivity index (χ1) is 62.3. The van der Waals surface area contributed by atoms with E-state index in [0.29, 0.717) is 32.1 Å². The maximum atomic E-state index is 16.6. The average Bonchev–Trinajstić information content (AvgIpc) is 1.05. The van der Waals surface area contributed by atoms with E-state index in [9.17, 15) is 127 Å². The Morgan fingerprint density at radius 2 is 1.09 bits per heavy atom. The fourth-order valence-electron chi connectivity index (χ4n) is 23.1. The molecule has 13 aliphatic rings. The number of aliphatic hydroxyl groups excluding tert-OH is 20. The van der Waals surface area contributed by atoms with Crippen LogP contribution in [0.2, 0.25) is 0 Å². The van der Waals surface area contributed by atoms with Crippen LogP contribution in [0.15, 0.2) is 36.0 Å². The van der Waals surface area contributed by atoms with Crippen molar-refractivity contribution in [1.82, 2.24) is 5.32 Å². The van der Waals surface area contributed by atoms with Gasteiger partial charge < -0.3 is 203 Å². The summed E-state index contributed by atoms with van der Waals surface area (Å²) in [6.07, 6.45) is -59.2. The van der Waals surface area contributed by atoms with Gasteiger partial charge in [-0.05, 0) is 123 Å². The molecule has 1 amide bonds. The zero-order valence-corrected chi connectivity index (χ0v) is 76.3. The van der Waals surface area contributed by atoms with Gasteiger partial charge in [-0.2, -0.15) is 0 Å². The molecule has 8 saturated heterocycles. The first kappa shape index (κ1) is 106. The summed E-state index contributed by atoms with van der Waals surface area (Å²) in [5.74, 6) is -5.28. The molecule has 8 heterocycles. The van der Waals surface area contributed by atoms with Crippen LogP contribution in [0.5, 0.6) is 0 Å². The van der Waals surface area contributed by atoms with Crippen LogP contribution in [0.4, 0.5) is 0 Å². The van der Waals surface area contributed by atoms with Crippen LogP contribution in [0.1, 0.15) is 140 Å². The zero-order chi connectivity index (χ0) is 97.5. The van der Waals surface area contributed by atoms with E-state index in [1.54, 1.807) is 13.8 Å². The van der Waals surface area contributed by atoms with E-state index in [1.807, 2.05) is 13.8 Å². The van der Waals surface area contributed by atoms with Gasteiger partial charge in [0.2, 0.25) is 12.2 Å². The van der Waals surface area contributed by atoms with Crippen molar-refractivity contribution in [2.75, 3.05) is 59.5 Å². The van der Waals surface area contributed by atoms with Crippen LogP contribution < -0.4 is 5.32 Å². The van der Waals surface area contributed by atoms with Gasteiger partial charge in [-0.1, -0.05) is 72.3 Å². The molecule has 46 unspecified atom stereocenters. The Balaban J connectivity index is 0.809. The van der Waals surface area contributed by atoms with Gasteiger partial charge >= 0.3 is 17.9 Å².